The summed E-state index contributed by atoms with van der Waals surface area (Å²) in [5.74, 6) is -3.30. The summed E-state index contributed by atoms with van der Waals surface area (Å²) in [5.41, 5.74) is 0. The maximum absolute atomic E-state index is 13.1. The first-order valence-electron chi connectivity index (χ1n) is 28.6. The van der Waals surface area contributed by atoms with Crippen molar-refractivity contribution in [3.63, 3.8) is 0 Å². The Morgan fingerprint density at radius 3 is 1.41 bits per heavy atom. The van der Waals surface area contributed by atoms with Crippen LogP contribution in [-0.4, -0.2) is 89.2 Å². The highest BCUT2D eigenvalue weighted by Gasteiger charge is 2.50. The number of aliphatic carboxylic acids is 1. The SMILES string of the molecule is CC/C=C\C/C=C\C/C=C\C/C=C\C/C=C\CC(=O)OC1C(OCC(COC(=O)CCCCCCC/C=C\C/C=C\CCCCC)OC(=O)CCCCCCCCCCCCCCC)OC(C(=O)O)C(O)C1O. The van der Waals surface area contributed by atoms with Gasteiger partial charge in [-0.3, -0.25) is 14.4 Å². The van der Waals surface area contributed by atoms with Gasteiger partial charge in [0.1, 0.15) is 18.8 Å². The minimum absolute atomic E-state index is 0.149. The summed E-state index contributed by atoms with van der Waals surface area (Å²) < 4.78 is 28.2. The topological polar surface area (TPSA) is 175 Å². The monoisotopic (exact) mass is 1020 g/mol. The molecule has 0 aromatic carbocycles. The molecule has 0 spiro atoms. The van der Waals surface area contributed by atoms with Crippen molar-refractivity contribution in [3.05, 3.63) is 85.1 Å². The first-order chi connectivity index (χ1) is 35.6. The molecule has 6 unspecified atom stereocenters. The molecule has 12 heteroatoms. The van der Waals surface area contributed by atoms with Crippen LogP contribution in [0.1, 0.15) is 226 Å². The second-order valence-electron chi connectivity index (χ2n) is 19.2. The number of esters is 3. The van der Waals surface area contributed by atoms with Crippen molar-refractivity contribution >= 4 is 23.9 Å². The molecule has 0 aromatic heterocycles. The van der Waals surface area contributed by atoms with Crippen LogP contribution >= 0.6 is 0 Å². The summed E-state index contributed by atoms with van der Waals surface area (Å²) >= 11 is 0. The third kappa shape index (κ3) is 39.0. The predicted octanol–water partition coefficient (Wildman–Crippen LogP) is 14.3. The number of aliphatic hydroxyl groups excluding tert-OH is 2. The van der Waals surface area contributed by atoms with Crippen LogP contribution in [0.4, 0.5) is 0 Å². The Hall–Kier alpha value is -4.10. The van der Waals surface area contributed by atoms with Crippen LogP contribution in [0, 0.1) is 0 Å². The van der Waals surface area contributed by atoms with Crippen molar-refractivity contribution < 1.29 is 58.2 Å². The largest absolute Gasteiger partial charge is 0.479 e. The molecule has 1 rings (SSSR count). The predicted molar refractivity (Wildman–Crippen MR) is 294 cm³/mol. The molecular weight excluding hydrogens is 925 g/mol. The first kappa shape index (κ1) is 66.9. The van der Waals surface area contributed by atoms with E-state index in [9.17, 15) is 34.5 Å². The Bertz CT molecular complexity index is 1590. The standard InChI is InChI=1S/C61H100O12/c1-4-7-10-13-16-19-22-25-27-30-32-35-38-41-44-47-53(62)69-50-52(71-54(63)48-45-42-39-36-33-29-24-21-18-15-12-9-6-3)51-70-61-59(57(66)56(65)58(73-61)60(67)68)72-55(64)49-46-43-40-37-34-31-28-26-23-20-17-14-11-8-5-2/h8,11,16-17,19-20,25-28,34,37,43,46,52,56-59,61,65-66H,4-7,9-10,12-15,18,21-24,29-33,35-36,38-42,44-45,47-51H2,1-3H3,(H,67,68)/b11-8-,19-16-,20-17-,27-25-,28-26-,37-34-,46-43-. The van der Waals surface area contributed by atoms with E-state index >= 15 is 0 Å². The molecule has 0 amide bonds. The van der Waals surface area contributed by atoms with Crippen LogP contribution in [0.3, 0.4) is 0 Å². The summed E-state index contributed by atoms with van der Waals surface area (Å²) in [6.07, 6.45) is 50.1. The number of carbonyl (C=O) groups is 4. The fraction of sp³-hybridized carbons (Fsp3) is 0.705. The average molecular weight is 1030 g/mol. The van der Waals surface area contributed by atoms with Gasteiger partial charge in [-0.2, -0.15) is 0 Å². The number of ether oxygens (including phenoxy) is 5. The Kier molecular flexibility index (Phi) is 44.7. The van der Waals surface area contributed by atoms with Gasteiger partial charge in [0.05, 0.1) is 13.0 Å². The Balaban J connectivity index is 2.77. The molecule has 0 bridgehead atoms. The fourth-order valence-electron chi connectivity index (χ4n) is 8.12. The van der Waals surface area contributed by atoms with Crippen LogP contribution in [0.25, 0.3) is 0 Å². The lowest BCUT2D eigenvalue weighted by Gasteiger charge is -2.40. The minimum atomic E-state index is -1.94. The van der Waals surface area contributed by atoms with E-state index in [-0.39, 0.29) is 25.9 Å². The van der Waals surface area contributed by atoms with Gasteiger partial charge in [0.25, 0.3) is 0 Å². The van der Waals surface area contributed by atoms with Crippen LogP contribution in [0.5, 0.6) is 0 Å². The van der Waals surface area contributed by atoms with Gasteiger partial charge in [0.2, 0.25) is 0 Å². The molecule has 6 atom stereocenters. The van der Waals surface area contributed by atoms with Crippen LogP contribution < -0.4 is 0 Å². The maximum atomic E-state index is 13.1. The van der Waals surface area contributed by atoms with E-state index < -0.39 is 67.3 Å². The molecule has 1 fully saturated rings. The van der Waals surface area contributed by atoms with Gasteiger partial charge in [-0.15, -0.1) is 0 Å². The normalized spacial score (nSPS) is 18.9. The van der Waals surface area contributed by atoms with E-state index in [1.54, 1.807) is 12.2 Å². The Morgan fingerprint density at radius 1 is 0.479 bits per heavy atom. The van der Waals surface area contributed by atoms with Gasteiger partial charge >= 0.3 is 23.9 Å². The number of carboxylic acids is 1. The molecule has 0 aliphatic carbocycles. The summed E-state index contributed by atoms with van der Waals surface area (Å²) in [4.78, 5) is 51.0. The van der Waals surface area contributed by atoms with Crippen LogP contribution in [-0.2, 0) is 42.9 Å². The number of allylic oxidation sites excluding steroid dienone is 13. The lowest BCUT2D eigenvalue weighted by Crippen LogP contribution is -2.61. The number of carbonyl (C=O) groups excluding carboxylic acids is 3. The average Bonchev–Trinajstić information content (AvgIpc) is 3.37. The van der Waals surface area contributed by atoms with Crippen LogP contribution in [0.2, 0.25) is 0 Å². The maximum Gasteiger partial charge on any atom is 0.335 e. The zero-order valence-electron chi connectivity index (χ0n) is 45.6. The number of rotatable bonds is 47. The molecule has 0 saturated carbocycles. The van der Waals surface area contributed by atoms with Crippen molar-refractivity contribution in [1.29, 1.82) is 0 Å². The highest BCUT2D eigenvalue weighted by molar-refractivity contribution is 5.74. The van der Waals surface area contributed by atoms with Crippen molar-refractivity contribution in [1.82, 2.24) is 0 Å². The van der Waals surface area contributed by atoms with E-state index in [0.29, 0.717) is 19.3 Å². The summed E-state index contributed by atoms with van der Waals surface area (Å²) in [5, 5.41) is 31.4. The van der Waals surface area contributed by atoms with Crippen molar-refractivity contribution in [2.45, 2.75) is 263 Å². The number of hydrogen-bond acceptors (Lipinski definition) is 11. The van der Waals surface area contributed by atoms with Gasteiger partial charge in [-0.1, -0.05) is 215 Å². The zero-order valence-corrected chi connectivity index (χ0v) is 45.6. The van der Waals surface area contributed by atoms with Gasteiger partial charge in [-0.25, -0.2) is 4.79 Å². The summed E-state index contributed by atoms with van der Waals surface area (Å²) in [6, 6.07) is 0. The van der Waals surface area contributed by atoms with Gasteiger partial charge in [0.15, 0.2) is 24.6 Å². The van der Waals surface area contributed by atoms with E-state index in [1.807, 2.05) is 12.2 Å². The Labute approximate surface area is 441 Å². The van der Waals surface area contributed by atoms with Crippen LogP contribution in [0.15, 0.2) is 85.1 Å². The number of aliphatic hydroxyl groups is 2. The molecule has 1 aliphatic heterocycles. The molecule has 1 heterocycles. The smallest absolute Gasteiger partial charge is 0.335 e. The van der Waals surface area contributed by atoms with E-state index in [2.05, 4.69) is 81.5 Å². The highest BCUT2D eigenvalue weighted by atomic mass is 16.7. The summed E-state index contributed by atoms with van der Waals surface area (Å²) in [6.45, 7) is 5.79. The molecule has 73 heavy (non-hydrogen) atoms. The van der Waals surface area contributed by atoms with Crippen molar-refractivity contribution in [2.75, 3.05) is 13.2 Å². The summed E-state index contributed by atoms with van der Waals surface area (Å²) in [7, 11) is 0. The third-order valence-electron chi connectivity index (χ3n) is 12.5. The first-order valence-corrected chi connectivity index (χ1v) is 28.6. The lowest BCUT2D eigenvalue weighted by atomic mass is 9.98. The van der Waals surface area contributed by atoms with E-state index in [0.717, 1.165) is 89.9 Å². The number of unbranched alkanes of at least 4 members (excludes halogenated alkanes) is 20. The molecule has 3 N–H and O–H groups in total. The molecule has 12 nitrogen and oxygen atoms in total. The third-order valence-corrected chi connectivity index (χ3v) is 12.5. The Morgan fingerprint density at radius 2 is 0.904 bits per heavy atom. The van der Waals surface area contributed by atoms with Crippen molar-refractivity contribution in [3.8, 4) is 0 Å². The zero-order chi connectivity index (χ0) is 53.3. The molecule has 0 aromatic rings. The molecule has 416 valence electrons. The van der Waals surface area contributed by atoms with Crippen molar-refractivity contribution in [2.24, 2.45) is 0 Å². The van der Waals surface area contributed by atoms with Gasteiger partial charge < -0.3 is 39.0 Å². The molecule has 1 aliphatic rings. The number of hydrogen-bond donors (Lipinski definition) is 3. The second-order valence-corrected chi connectivity index (χ2v) is 19.2. The number of carboxylic acid groups (broad SMARTS) is 1. The quantitative estimate of drug-likeness (QED) is 0.0228. The van der Waals surface area contributed by atoms with Gasteiger partial charge in [-0.05, 0) is 77.0 Å². The molecular formula is C61H100O12. The van der Waals surface area contributed by atoms with E-state index in [4.69, 9.17) is 23.7 Å². The molecule has 1 saturated heterocycles. The van der Waals surface area contributed by atoms with Gasteiger partial charge in [0, 0.05) is 12.8 Å². The highest BCUT2D eigenvalue weighted by Crippen LogP contribution is 2.26. The minimum Gasteiger partial charge on any atom is -0.479 e. The fourth-order valence-corrected chi connectivity index (χ4v) is 8.12. The van der Waals surface area contributed by atoms with E-state index in [1.165, 1.54) is 77.0 Å². The second kappa shape index (κ2) is 48.8. The molecule has 0 radical (unpaired) electrons. The lowest BCUT2D eigenvalue weighted by molar-refractivity contribution is -0.301.